The number of carbonyl (C=O) groups is 2. The van der Waals surface area contributed by atoms with Gasteiger partial charge in [-0.2, -0.15) is 0 Å². The molecular weight excluding hydrogens is 512 g/mol. The lowest BCUT2D eigenvalue weighted by Crippen LogP contribution is -2.52. The molecule has 2 atom stereocenters. The van der Waals surface area contributed by atoms with E-state index in [4.69, 9.17) is 11.5 Å². The zero-order valence-corrected chi connectivity index (χ0v) is 21.8. The summed E-state index contributed by atoms with van der Waals surface area (Å²) in [6.45, 7) is 0.275. The lowest BCUT2D eigenvalue weighted by atomic mass is 10.0. The maximum absolute atomic E-state index is 13.4. The quantitative estimate of drug-likeness (QED) is 0.104. The Bertz CT molecular complexity index is 1280. The summed E-state index contributed by atoms with van der Waals surface area (Å²) >= 11 is 1.16. The maximum atomic E-state index is 13.4. The summed E-state index contributed by atoms with van der Waals surface area (Å²) in [7, 11) is -3.88. The van der Waals surface area contributed by atoms with Gasteiger partial charge in [0.2, 0.25) is 21.7 Å². The average molecular weight is 543 g/mol. The number of nitrogens with one attached hydrogen (secondary N) is 2. The summed E-state index contributed by atoms with van der Waals surface area (Å²) in [4.78, 5) is 34.5. The van der Waals surface area contributed by atoms with Gasteiger partial charge in [-0.3, -0.25) is 14.6 Å². The van der Waals surface area contributed by atoms with Gasteiger partial charge in [-0.1, -0.05) is 60.7 Å². The van der Waals surface area contributed by atoms with E-state index in [0.717, 1.165) is 16.9 Å². The SMILES string of the molecule is NC(N)=NCCC[C@H](NC(=O)[C@@H](Cc1ccccc1)NS(=O)(=O)Cc1ccccc1)C(=O)c1nccs1. The highest BCUT2D eigenvalue weighted by Gasteiger charge is 2.30. The van der Waals surface area contributed by atoms with Crippen molar-refractivity contribution in [1.82, 2.24) is 15.0 Å². The molecule has 0 fully saturated rings. The Labute approximate surface area is 220 Å². The summed E-state index contributed by atoms with van der Waals surface area (Å²) in [6, 6.07) is 15.7. The van der Waals surface area contributed by atoms with Crippen LogP contribution in [0.5, 0.6) is 0 Å². The lowest BCUT2D eigenvalue weighted by Gasteiger charge is -2.22. The van der Waals surface area contributed by atoms with Crippen LogP contribution in [0.25, 0.3) is 0 Å². The van der Waals surface area contributed by atoms with Crippen LogP contribution in [0.2, 0.25) is 0 Å². The molecule has 0 spiro atoms. The van der Waals surface area contributed by atoms with Gasteiger partial charge in [0, 0.05) is 18.1 Å². The van der Waals surface area contributed by atoms with Crippen molar-refractivity contribution in [2.24, 2.45) is 16.5 Å². The molecule has 1 amide bonds. The number of sulfonamides is 1. The van der Waals surface area contributed by atoms with Gasteiger partial charge in [0.15, 0.2) is 11.0 Å². The second kappa shape index (κ2) is 13.6. The van der Waals surface area contributed by atoms with Crippen LogP contribution in [0.1, 0.15) is 33.8 Å². The Morgan fingerprint density at radius 1 is 0.973 bits per heavy atom. The van der Waals surface area contributed by atoms with Crippen molar-refractivity contribution in [2.75, 3.05) is 6.54 Å². The van der Waals surface area contributed by atoms with Crippen LogP contribution in [-0.4, -0.2) is 49.7 Å². The van der Waals surface area contributed by atoms with E-state index in [0.29, 0.717) is 12.0 Å². The Morgan fingerprint density at radius 2 is 1.62 bits per heavy atom. The second-order valence-corrected chi connectivity index (χ2v) is 11.0. The van der Waals surface area contributed by atoms with Gasteiger partial charge in [0.25, 0.3) is 0 Å². The third-order valence-corrected chi connectivity index (χ3v) is 7.49. The van der Waals surface area contributed by atoms with Gasteiger partial charge in [-0.25, -0.2) is 18.1 Å². The molecule has 10 nitrogen and oxygen atoms in total. The van der Waals surface area contributed by atoms with E-state index < -0.39 is 28.0 Å². The maximum Gasteiger partial charge on any atom is 0.239 e. The van der Waals surface area contributed by atoms with Crippen molar-refractivity contribution in [3.05, 3.63) is 88.4 Å². The highest BCUT2D eigenvalue weighted by Crippen LogP contribution is 2.13. The van der Waals surface area contributed by atoms with E-state index in [-0.39, 0.29) is 41.9 Å². The van der Waals surface area contributed by atoms with E-state index in [2.05, 4.69) is 20.0 Å². The van der Waals surface area contributed by atoms with Gasteiger partial charge in [-0.05, 0) is 30.4 Å². The molecule has 1 aromatic heterocycles. The number of rotatable bonds is 14. The third kappa shape index (κ3) is 9.41. The molecule has 37 heavy (non-hydrogen) atoms. The smallest absolute Gasteiger partial charge is 0.239 e. The summed E-state index contributed by atoms with van der Waals surface area (Å²) in [6.07, 6.45) is 2.28. The predicted molar refractivity (Wildman–Crippen MR) is 144 cm³/mol. The second-order valence-electron chi connectivity index (χ2n) is 8.32. The minimum Gasteiger partial charge on any atom is -0.370 e. The number of Topliss-reactive ketones (excluding diaryl/α,β-unsaturated/α-hetero) is 1. The van der Waals surface area contributed by atoms with Crippen molar-refractivity contribution in [2.45, 2.75) is 37.1 Å². The van der Waals surface area contributed by atoms with Crippen LogP contribution in [0.3, 0.4) is 0 Å². The molecule has 0 aliphatic carbocycles. The number of hydrogen-bond donors (Lipinski definition) is 4. The fourth-order valence-electron chi connectivity index (χ4n) is 3.63. The fraction of sp³-hybridized carbons (Fsp3) is 0.280. The molecule has 6 N–H and O–H groups in total. The average Bonchev–Trinajstić information content (AvgIpc) is 3.41. The first-order chi connectivity index (χ1) is 17.7. The van der Waals surface area contributed by atoms with E-state index in [1.54, 1.807) is 60.0 Å². The summed E-state index contributed by atoms with van der Waals surface area (Å²) in [5.41, 5.74) is 12.1. The number of thiazole rings is 1. The number of hydrogen-bond acceptors (Lipinski definition) is 7. The number of guanidine groups is 1. The number of aromatic nitrogens is 1. The molecule has 0 aliphatic heterocycles. The summed E-state index contributed by atoms with van der Waals surface area (Å²) in [5, 5.41) is 4.66. The fourth-order valence-corrected chi connectivity index (χ4v) is 5.60. The first-order valence-corrected chi connectivity index (χ1v) is 14.1. The standard InChI is InChI=1S/C25H30N6O4S2/c26-25(27)29-13-7-12-20(22(32)24-28-14-15-36-24)30-23(33)21(16-18-8-3-1-4-9-18)31-37(34,35)17-19-10-5-2-6-11-19/h1-6,8-11,14-15,20-21,31H,7,12-13,16-17H2,(H,30,33)(H4,26,27,29)/t20-,21+/m0/s1. The highest BCUT2D eigenvalue weighted by atomic mass is 32.2. The van der Waals surface area contributed by atoms with Crippen molar-refractivity contribution in [3.8, 4) is 0 Å². The monoisotopic (exact) mass is 542 g/mol. The van der Waals surface area contributed by atoms with Gasteiger partial charge in [0.05, 0.1) is 11.8 Å². The third-order valence-electron chi connectivity index (χ3n) is 5.34. The largest absolute Gasteiger partial charge is 0.370 e. The molecular formula is C25H30N6O4S2. The van der Waals surface area contributed by atoms with E-state index >= 15 is 0 Å². The van der Waals surface area contributed by atoms with Crippen LogP contribution < -0.4 is 21.5 Å². The number of ketones is 1. The van der Waals surface area contributed by atoms with Crippen LogP contribution >= 0.6 is 11.3 Å². The molecule has 0 aliphatic rings. The number of nitrogens with two attached hydrogens (primary N) is 2. The molecule has 0 saturated carbocycles. The van der Waals surface area contributed by atoms with E-state index in [1.807, 2.05) is 6.07 Å². The molecule has 0 saturated heterocycles. The number of aliphatic imine (C=N–C) groups is 1. The van der Waals surface area contributed by atoms with Crippen molar-refractivity contribution >= 4 is 39.0 Å². The Hall–Kier alpha value is -3.61. The molecule has 3 rings (SSSR count). The molecule has 2 aromatic carbocycles. The van der Waals surface area contributed by atoms with Gasteiger partial charge in [0.1, 0.15) is 6.04 Å². The lowest BCUT2D eigenvalue weighted by molar-refractivity contribution is -0.123. The molecule has 12 heteroatoms. The Kier molecular flexibility index (Phi) is 10.3. The molecule has 0 bridgehead atoms. The van der Waals surface area contributed by atoms with Crippen molar-refractivity contribution in [1.29, 1.82) is 0 Å². The van der Waals surface area contributed by atoms with Crippen molar-refractivity contribution < 1.29 is 18.0 Å². The van der Waals surface area contributed by atoms with Crippen LogP contribution in [0.4, 0.5) is 0 Å². The number of amides is 1. The van der Waals surface area contributed by atoms with Gasteiger partial charge >= 0.3 is 0 Å². The van der Waals surface area contributed by atoms with Crippen LogP contribution in [0, 0.1) is 0 Å². The minimum absolute atomic E-state index is 0.0671. The molecule has 0 radical (unpaired) electrons. The number of carbonyl (C=O) groups excluding carboxylic acids is 2. The first kappa shape index (κ1) is 28.0. The summed E-state index contributed by atoms with van der Waals surface area (Å²) < 4.78 is 28.5. The zero-order valence-electron chi connectivity index (χ0n) is 20.1. The normalized spacial score (nSPS) is 12.9. The Morgan fingerprint density at radius 3 is 2.22 bits per heavy atom. The van der Waals surface area contributed by atoms with E-state index in [9.17, 15) is 18.0 Å². The minimum atomic E-state index is -3.88. The topological polar surface area (TPSA) is 170 Å². The molecule has 1 heterocycles. The van der Waals surface area contributed by atoms with Crippen LogP contribution in [-0.2, 0) is 27.0 Å². The number of benzene rings is 2. The Balaban J connectivity index is 1.80. The zero-order chi connectivity index (χ0) is 26.7. The van der Waals surface area contributed by atoms with Crippen LogP contribution in [0.15, 0.2) is 77.2 Å². The van der Waals surface area contributed by atoms with Crippen molar-refractivity contribution in [3.63, 3.8) is 0 Å². The molecule has 196 valence electrons. The molecule has 3 aromatic rings. The highest BCUT2D eigenvalue weighted by molar-refractivity contribution is 7.88. The van der Waals surface area contributed by atoms with E-state index in [1.165, 1.54) is 6.20 Å². The van der Waals surface area contributed by atoms with Gasteiger partial charge < -0.3 is 16.8 Å². The molecule has 0 unspecified atom stereocenters. The van der Waals surface area contributed by atoms with Gasteiger partial charge in [-0.15, -0.1) is 11.3 Å². The summed E-state index contributed by atoms with van der Waals surface area (Å²) in [5.74, 6) is -1.33. The first-order valence-electron chi connectivity index (χ1n) is 11.6. The predicted octanol–water partition coefficient (Wildman–Crippen LogP) is 1.60. The number of nitrogens with zero attached hydrogens (tertiary/aromatic N) is 2.